The van der Waals surface area contributed by atoms with E-state index in [-0.39, 0.29) is 34.5 Å². The Hall–Kier alpha value is -4.57. The van der Waals surface area contributed by atoms with Gasteiger partial charge in [-0.1, -0.05) is 42.5 Å². The number of methoxy groups -OCH3 is 1. The number of nitrogens with zero attached hydrogens (tertiary/aromatic N) is 1. The van der Waals surface area contributed by atoms with Gasteiger partial charge in [-0.3, -0.25) is 9.59 Å². The molecule has 33 heavy (non-hydrogen) atoms. The number of ether oxygens (including phenoxy) is 1. The number of fused-ring (bicyclic) bond motifs is 1. The van der Waals surface area contributed by atoms with Crippen molar-refractivity contribution in [2.24, 2.45) is 0 Å². The van der Waals surface area contributed by atoms with E-state index in [0.717, 1.165) is 6.07 Å². The van der Waals surface area contributed by atoms with Crippen LogP contribution < -0.4 is 5.43 Å². The molecule has 164 valence electrons. The summed E-state index contributed by atoms with van der Waals surface area (Å²) in [5.41, 5.74) is 1.28. The minimum absolute atomic E-state index is 0.0304. The van der Waals surface area contributed by atoms with Gasteiger partial charge in [0.25, 0.3) is 0 Å². The van der Waals surface area contributed by atoms with Crippen molar-refractivity contribution in [1.82, 2.24) is 0 Å². The Bertz CT molecular complexity index is 1430. The van der Waals surface area contributed by atoms with Gasteiger partial charge in [0.1, 0.15) is 28.2 Å². The van der Waals surface area contributed by atoms with Crippen LogP contribution in [0.5, 0.6) is 11.5 Å². The van der Waals surface area contributed by atoms with Gasteiger partial charge >= 0.3 is 5.97 Å². The summed E-state index contributed by atoms with van der Waals surface area (Å²) in [6, 6.07) is 19.8. The van der Waals surface area contributed by atoms with E-state index in [0.29, 0.717) is 16.7 Å². The molecule has 1 heterocycles. The third kappa shape index (κ3) is 4.14. The van der Waals surface area contributed by atoms with Crippen LogP contribution in [0.3, 0.4) is 0 Å². The highest BCUT2D eigenvalue weighted by Gasteiger charge is 2.28. The number of rotatable bonds is 5. The first-order valence-corrected chi connectivity index (χ1v) is 10.1. The Balaban J connectivity index is 2.03. The van der Waals surface area contributed by atoms with Crippen LogP contribution >= 0.6 is 0 Å². The minimum Gasteiger partial charge on any atom is -0.507 e. The molecule has 7 nitrogen and oxygen atoms in total. The zero-order valence-corrected chi connectivity index (χ0v) is 17.6. The van der Waals surface area contributed by atoms with Gasteiger partial charge in [-0.05, 0) is 17.7 Å². The predicted octanol–water partition coefficient (Wildman–Crippen LogP) is 4.44. The number of carbonyl (C=O) groups is 1. The first-order valence-electron chi connectivity index (χ1n) is 10.1. The van der Waals surface area contributed by atoms with Crippen LogP contribution in [0.1, 0.15) is 29.0 Å². The quantitative estimate of drug-likeness (QED) is 0.439. The highest BCUT2D eigenvalue weighted by atomic mass is 16.5. The molecular weight excluding hydrogens is 422 g/mol. The van der Waals surface area contributed by atoms with E-state index in [4.69, 9.17) is 14.4 Å². The summed E-state index contributed by atoms with van der Waals surface area (Å²) in [7, 11) is 1.25. The molecule has 1 aromatic heterocycles. The molecule has 0 bridgehead atoms. The smallest absolute Gasteiger partial charge is 0.306 e. The molecule has 0 saturated carbocycles. The van der Waals surface area contributed by atoms with Crippen molar-refractivity contribution in [2.45, 2.75) is 12.3 Å². The van der Waals surface area contributed by atoms with Crippen LogP contribution in [-0.2, 0) is 9.53 Å². The second-order valence-electron chi connectivity index (χ2n) is 7.44. The molecule has 2 N–H and O–H groups in total. The number of esters is 1. The first kappa shape index (κ1) is 21.7. The summed E-state index contributed by atoms with van der Waals surface area (Å²) < 4.78 is 10.9. The van der Waals surface area contributed by atoms with Gasteiger partial charge in [0.2, 0.25) is 0 Å². The number of nitriles is 1. The monoisotopic (exact) mass is 441 g/mol. The molecule has 0 saturated heterocycles. The summed E-state index contributed by atoms with van der Waals surface area (Å²) in [5, 5.41) is 30.3. The van der Waals surface area contributed by atoms with Crippen LogP contribution in [0.2, 0.25) is 0 Å². The maximum Gasteiger partial charge on any atom is 0.306 e. The molecule has 0 aliphatic carbocycles. The van der Waals surface area contributed by atoms with E-state index in [1.165, 1.54) is 13.2 Å². The molecule has 0 aliphatic heterocycles. The van der Waals surface area contributed by atoms with Crippen molar-refractivity contribution in [3.8, 4) is 28.9 Å². The lowest BCUT2D eigenvalue weighted by Crippen LogP contribution is -2.12. The topological polar surface area (TPSA) is 121 Å². The van der Waals surface area contributed by atoms with Gasteiger partial charge in [-0.25, -0.2) is 0 Å². The lowest BCUT2D eigenvalue weighted by Gasteiger charge is -2.20. The van der Waals surface area contributed by atoms with E-state index in [1.54, 1.807) is 48.5 Å². The molecule has 0 amide bonds. The number of carbonyl (C=O) groups excluding carboxylic acids is 1. The Kier molecular flexibility index (Phi) is 5.83. The van der Waals surface area contributed by atoms with Crippen LogP contribution in [0.15, 0.2) is 75.9 Å². The molecule has 0 fully saturated rings. The van der Waals surface area contributed by atoms with Crippen LogP contribution in [0, 0.1) is 11.3 Å². The largest absolute Gasteiger partial charge is 0.507 e. The van der Waals surface area contributed by atoms with Crippen molar-refractivity contribution in [3.05, 3.63) is 93.6 Å². The van der Waals surface area contributed by atoms with Crippen molar-refractivity contribution in [3.63, 3.8) is 0 Å². The van der Waals surface area contributed by atoms with E-state index < -0.39 is 23.1 Å². The van der Waals surface area contributed by atoms with Crippen molar-refractivity contribution < 1.29 is 24.2 Å². The zero-order chi connectivity index (χ0) is 23.5. The number of phenols is 2. The van der Waals surface area contributed by atoms with Crippen molar-refractivity contribution in [2.75, 3.05) is 7.11 Å². The summed E-state index contributed by atoms with van der Waals surface area (Å²) in [6.45, 7) is 0. The van der Waals surface area contributed by atoms with Gasteiger partial charge in [-0.15, -0.1) is 0 Å². The number of benzene rings is 3. The lowest BCUT2D eigenvalue weighted by atomic mass is 9.86. The van der Waals surface area contributed by atoms with E-state index in [1.807, 2.05) is 12.1 Å². The summed E-state index contributed by atoms with van der Waals surface area (Å²) in [5.74, 6) is -1.85. The maximum atomic E-state index is 12.9. The third-order valence-electron chi connectivity index (χ3n) is 5.45. The average Bonchev–Trinajstić information content (AvgIpc) is 2.83. The predicted molar refractivity (Wildman–Crippen MR) is 121 cm³/mol. The third-order valence-corrected chi connectivity index (χ3v) is 5.45. The van der Waals surface area contributed by atoms with Crippen LogP contribution in [-0.4, -0.2) is 23.3 Å². The van der Waals surface area contributed by atoms with Gasteiger partial charge in [-0.2, -0.15) is 5.26 Å². The van der Waals surface area contributed by atoms with Gasteiger partial charge < -0.3 is 19.4 Å². The standard InChI is InChI=1S/C26H19NO6/c1-32-23(31)11-18(16-9-7-15(14-27)8-10-16)24-19(28)12-20(29)25-21(30)13-22(33-26(24)25)17-5-3-2-4-6-17/h2-10,12-13,18,28-29H,11H2,1H3. The normalized spacial score (nSPS) is 11.6. The molecule has 7 heteroatoms. The fourth-order valence-electron chi connectivity index (χ4n) is 3.83. The molecule has 4 rings (SSSR count). The summed E-state index contributed by atoms with van der Waals surface area (Å²) >= 11 is 0. The molecule has 0 aliphatic rings. The number of phenolic OH excluding ortho intramolecular Hbond substituents is 2. The van der Waals surface area contributed by atoms with Crippen molar-refractivity contribution >= 4 is 16.9 Å². The van der Waals surface area contributed by atoms with Gasteiger partial charge in [0.05, 0.1) is 25.2 Å². The lowest BCUT2D eigenvalue weighted by molar-refractivity contribution is -0.140. The summed E-state index contributed by atoms with van der Waals surface area (Å²) in [4.78, 5) is 25.2. The fraction of sp³-hybridized carbons (Fsp3) is 0.115. The Morgan fingerprint density at radius 2 is 1.76 bits per heavy atom. The Morgan fingerprint density at radius 3 is 2.39 bits per heavy atom. The van der Waals surface area contributed by atoms with E-state index in [9.17, 15) is 19.8 Å². The van der Waals surface area contributed by atoms with E-state index >= 15 is 0 Å². The van der Waals surface area contributed by atoms with Gasteiger partial charge in [0.15, 0.2) is 5.43 Å². The minimum atomic E-state index is -0.775. The zero-order valence-electron chi connectivity index (χ0n) is 17.6. The first-order chi connectivity index (χ1) is 15.9. The van der Waals surface area contributed by atoms with E-state index in [2.05, 4.69) is 0 Å². The second-order valence-corrected chi connectivity index (χ2v) is 7.44. The maximum absolute atomic E-state index is 12.9. The fourth-order valence-corrected chi connectivity index (χ4v) is 3.83. The molecule has 4 aromatic rings. The van der Waals surface area contributed by atoms with Gasteiger partial charge in [0, 0.05) is 29.2 Å². The average molecular weight is 441 g/mol. The molecule has 3 aromatic carbocycles. The Labute approximate surface area is 188 Å². The van der Waals surface area contributed by atoms with Crippen LogP contribution in [0.25, 0.3) is 22.3 Å². The SMILES string of the molecule is COC(=O)CC(c1ccc(C#N)cc1)c1c(O)cc(O)c2c(=O)cc(-c3ccccc3)oc12. The molecule has 1 atom stereocenters. The van der Waals surface area contributed by atoms with Crippen LogP contribution in [0.4, 0.5) is 0 Å². The number of aromatic hydroxyl groups is 2. The second kappa shape index (κ2) is 8.89. The number of hydrogen-bond acceptors (Lipinski definition) is 7. The highest BCUT2D eigenvalue weighted by Crippen LogP contribution is 2.43. The Morgan fingerprint density at radius 1 is 1.06 bits per heavy atom. The highest BCUT2D eigenvalue weighted by molar-refractivity contribution is 5.90. The molecule has 0 radical (unpaired) electrons. The molecule has 0 spiro atoms. The number of hydrogen-bond donors (Lipinski definition) is 2. The van der Waals surface area contributed by atoms with Crippen molar-refractivity contribution in [1.29, 1.82) is 5.26 Å². The molecule has 1 unspecified atom stereocenters. The molecular formula is C26H19NO6. The summed E-state index contributed by atoms with van der Waals surface area (Å²) in [6.07, 6.45) is -0.172.